The molecule has 1 aromatic carbocycles. The van der Waals surface area contributed by atoms with Gasteiger partial charge in [-0.3, -0.25) is 4.79 Å². The highest BCUT2D eigenvalue weighted by atomic mass is 19.1. The van der Waals surface area contributed by atoms with Crippen LogP contribution in [0, 0.1) is 11.6 Å². The number of halogens is 2. The molecule has 1 fully saturated rings. The summed E-state index contributed by atoms with van der Waals surface area (Å²) in [7, 11) is 0. The molecule has 15 heavy (non-hydrogen) atoms. The van der Waals surface area contributed by atoms with Gasteiger partial charge in [-0.15, -0.1) is 0 Å². The van der Waals surface area contributed by atoms with Crippen LogP contribution in [-0.2, 0) is 10.2 Å². The first-order chi connectivity index (χ1) is 7.08. The number of carboxylic acid groups (broad SMARTS) is 1. The number of rotatable bonds is 2. The van der Waals surface area contributed by atoms with Crippen LogP contribution in [0.1, 0.15) is 24.8 Å². The van der Waals surface area contributed by atoms with Crippen molar-refractivity contribution in [2.75, 3.05) is 0 Å². The Hall–Kier alpha value is -1.45. The van der Waals surface area contributed by atoms with Crippen LogP contribution in [0.2, 0.25) is 0 Å². The van der Waals surface area contributed by atoms with Gasteiger partial charge in [0, 0.05) is 5.56 Å². The van der Waals surface area contributed by atoms with Crippen molar-refractivity contribution < 1.29 is 18.7 Å². The van der Waals surface area contributed by atoms with Gasteiger partial charge in [-0.2, -0.15) is 0 Å². The zero-order valence-corrected chi connectivity index (χ0v) is 7.96. The number of benzene rings is 1. The van der Waals surface area contributed by atoms with Crippen LogP contribution < -0.4 is 0 Å². The fourth-order valence-electron chi connectivity index (χ4n) is 2.06. The summed E-state index contributed by atoms with van der Waals surface area (Å²) >= 11 is 0. The number of hydrogen-bond acceptors (Lipinski definition) is 1. The van der Waals surface area contributed by atoms with Crippen molar-refractivity contribution >= 4 is 5.97 Å². The van der Waals surface area contributed by atoms with Crippen molar-refractivity contribution in [2.24, 2.45) is 0 Å². The topological polar surface area (TPSA) is 37.3 Å². The van der Waals surface area contributed by atoms with Crippen LogP contribution in [0.3, 0.4) is 0 Å². The molecule has 4 heteroatoms. The van der Waals surface area contributed by atoms with E-state index in [0.717, 1.165) is 12.1 Å². The minimum Gasteiger partial charge on any atom is -0.481 e. The summed E-state index contributed by atoms with van der Waals surface area (Å²) < 4.78 is 26.8. The lowest BCUT2D eigenvalue weighted by Crippen LogP contribution is -2.43. The Labute approximate surface area is 85.5 Å². The van der Waals surface area contributed by atoms with E-state index in [2.05, 4.69) is 0 Å². The quantitative estimate of drug-likeness (QED) is 0.817. The highest BCUT2D eigenvalue weighted by molar-refractivity contribution is 5.82. The van der Waals surface area contributed by atoms with E-state index < -0.39 is 23.0 Å². The maximum Gasteiger partial charge on any atom is 0.314 e. The Bertz CT molecular complexity index is 391. The molecule has 1 N–H and O–H groups in total. The molecule has 0 radical (unpaired) electrons. The second-order valence-corrected chi connectivity index (χ2v) is 3.84. The molecule has 0 amide bonds. The lowest BCUT2D eigenvalue weighted by Gasteiger charge is -2.38. The summed E-state index contributed by atoms with van der Waals surface area (Å²) in [4.78, 5) is 11.1. The molecular formula is C11H10F2O2. The smallest absolute Gasteiger partial charge is 0.314 e. The molecule has 0 spiro atoms. The summed E-state index contributed by atoms with van der Waals surface area (Å²) in [6, 6.07) is 3.44. The predicted molar refractivity (Wildman–Crippen MR) is 49.5 cm³/mol. The van der Waals surface area contributed by atoms with Gasteiger partial charge in [0.2, 0.25) is 0 Å². The molecule has 0 unspecified atom stereocenters. The highest BCUT2D eigenvalue weighted by Crippen LogP contribution is 2.45. The van der Waals surface area contributed by atoms with Gasteiger partial charge in [0.05, 0.1) is 5.41 Å². The Morgan fingerprint density at radius 1 is 1.27 bits per heavy atom. The zero-order valence-electron chi connectivity index (χ0n) is 7.96. The Morgan fingerprint density at radius 2 is 1.80 bits per heavy atom. The van der Waals surface area contributed by atoms with E-state index in [1.807, 2.05) is 0 Å². The summed E-state index contributed by atoms with van der Waals surface area (Å²) in [6.45, 7) is 0. The second kappa shape index (κ2) is 3.29. The molecule has 2 rings (SSSR count). The molecule has 2 nitrogen and oxygen atoms in total. The summed E-state index contributed by atoms with van der Waals surface area (Å²) in [6.07, 6.45) is 1.31. The third kappa shape index (κ3) is 1.32. The van der Waals surface area contributed by atoms with Gasteiger partial charge in [0.15, 0.2) is 0 Å². The number of hydrogen-bond donors (Lipinski definition) is 1. The first-order valence-corrected chi connectivity index (χ1v) is 4.76. The molecule has 80 valence electrons. The zero-order chi connectivity index (χ0) is 11.1. The highest BCUT2D eigenvalue weighted by Gasteiger charge is 2.49. The summed E-state index contributed by atoms with van der Waals surface area (Å²) in [5, 5.41) is 9.05. The van der Waals surface area contributed by atoms with E-state index in [9.17, 15) is 13.6 Å². The standard InChI is InChI=1S/C11H10F2O2/c12-7-3-1-4-8(13)9(7)11(10(14)15)5-2-6-11/h1,3-4H,2,5-6H2,(H,14,15). The van der Waals surface area contributed by atoms with E-state index in [1.54, 1.807) is 0 Å². The second-order valence-electron chi connectivity index (χ2n) is 3.84. The van der Waals surface area contributed by atoms with Crippen molar-refractivity contribution in [1.29, 1.82) is 0 Å². The maximum atomic E-state index is 13.4. The van der Waals surface area contributed by atoms with Gasteiger partial charge in [0.1, 0.15) is 11.6 Å². The lowest BCUT2D eigenvalue weighted by molar-refractivity contribution is -0.147. The Morgan fingerprint density at radius 3 is 2.13 bits per heavy atom. The van der Waals surface area contributed by atoms with Crippen LogP contribution in [0.5, 0.6) is 0 Å². The van der Waals surface area contributed by atoms with Crippen LogP contribution in [0.4, 0.5) is 8.78 Å². The van der Waals surface area contributed by atoms with E-state index in [4.69, 9.17) is 5.11 Å². The van der Waals surface area contributed by atoms with Gasteiger partial charge in [0.25, 0.3) is 0 Å². The normalized spacial score (nSPS) is 18.3. The molecule has 0 saturated heterocycles. The molecule has 1 aromatic rings. The first kappa shape index (κ1) is 10.1. The molecule has 0 atom stereocenters. The van der Waals surface area contributed by atoms with E-state index in [1.165, 1.54) is 6.07 Å². The maximum absolute atomic E-state index is 13.4. The van der Waals surface area contributed by atoms with Gasteiger partial charge in [-0.1, -0.05) is 12.5 Å². The molecule has 1 aliphatic rings. The Kier molecular flexibility index (Phi) is 2.21. The van der Waals surface area contributed by atoms with Crippen molar-refractivity contribution in [1.82, 2.24) is 0 Å². The van der Waals surface area contributed by atoms with Crippen LogP contribution >= 0.6 is 0 Å². The average Bonchev–Trinajstić information content (AvgIpc) is 2.07. The monoisotopic (exact) mass is 212 g/mol. The van der Waals surface area contributed by atoms with Gasteiger partial charge >= 0.3 is 5.97 Å². The van der Waals surface area contributed by atoms with E-state index in [0.29, 0.717) is 19.3 Å². The van der Waals surface area contributed by atoms with Crippen LogP contribution in [-0.4, -0.2) is 11.1 Å². The predicted octanol–water partition coefficient (Wildman–Crippen LogP) is 2.47. The van der Waals surface area contributed by atoms with Crippen molar-refractivity contribution in [3.8, 4) is 0 Å². The van der Waals surface area contributed by atoms with Crippen molar-refractivity contribution in [2.45, 2.75) is 24.7 Å². The van der Waals surface area contributed by atoms with E-state index in [-0.39, 0.29) is 5.56 Å². The fraction of sp³-hybridized carbons (Fsp3) is 0.364. The summed E-state index contributed by atoms with van der Waals surface area (Å²) in [5.41, 5.74) is -1.63. The minimum absolute atomic E-state index is 0.288. The fourth-order valence-corrected chi connectivity index (χ4v) is 2.06. The third-order valence-electron chi connectivity index (χ3n) is 3.06. The van der Waals surface area contributed by atoms with Gasteiger partial charge in [-0.25, -0.2) is 8.78 Å². The average molecular weight is 212 g/mol. The van der Waals surface area contributed by atoms with E-state index >= 15 is 0 Å². The molecular weight excluding hydrogens is 202 g/mol. The van der Waals surface area contributed by atoms with Crippen LogP contribution in [0.25, 0.3) is 0 Å². The number of carboxylic acids is 1. The van der Waals surface area contributed by atoms with Crippen LogP contribution in [0.15, 0.2) is 18.2 Å². The Balaban J connectivity index is 2.57. The molecule has 0 aromatic heterocycles. The molecule has 1 saturated carbocycles. The number of aliphatic carboxylic acids is 1. The first-order valence-electron chi connectivity index (χ1n) is 4.76. The molecule has 0 aliphatic heterocycles. The molecule has 1 aliphatic carbocycles. The van der Waals surface area contributed by atoms with Gasteiger partial charge in [-0.05, 0) is 25.0 Å². The van der Waals surface area contributed by atoms with Gasteiger partial charge < -0.3 is 5.11 Å². The third-order valence-corrected chi connectivity index (χ3v) is 3.06. The minimum atomic E-state index is -1.34. The lowest BCUT2D eigenvalue weighted by atomic mass is 9.64. The molecule has 0 heterocycles. The SMILES string of the molecule is O=C(O)C1(c2c(F)cccc2F)CCC1. The van der Waals surface area contributed by atoms with Crippen molar-refractivity contribution in [3.63, 3.8) is 0 Å². The number of carbonyl (C=O) groups is 1. The van der Waals surface area contributed by atoms with Crippen molar-refractivity contribution in [3.05, 3.63) is 35.4 Å². The largest absolute Gasteiger partial charge is 0.481 e. The molecule has 0 bridgehead atoms. The summed E-state index contributed by atoms with van der Waals surface area (Å²) in [5.74, 6) is -2.67.